The molecule has 114 valence electrons. The Bertz CT molecular complexity index is 816. The van der Waals surface area contributed by atoms with E-state index in [1.807, 2.05) is 38.1 Å². The van der Waals surface area contributed by atoms with Gasteiger partial charge in [0.25, 0.3) is 0 Å². The van der Waals surface area contributed by atoms with Gasteiger partial charge in [0.05, 0.1) is 19.2 Å². The molecular formula is C17H18N2O3. The van der Waals surface area contributed by atoms with Crippen LogP contribution in [0.4, 0.5) is 0 Å². The average molecular weight is 298 g/mol. The first-order valence-electron chi connectivity index (χ1n) is 7.16. The largest absolute Gasteiger partial charge is 0.464 e. The van der Waals surface area contributed by atoms with Gasteiger partial charge >= 0.3 is 0 Å². The Hall–Kier alpha value is -2.56. The molecule has 5 heteroatoms. The molecule has 2 aromatic heterocycles. The van der Waals surface area contributed by atoms with E-state index in [1.54, 1.807) is 18.2 Å². The summed E-state index contributed by atoms with van der Waals surface area (Å²) in [6.07, 6.45) is 1.97. The molecule has 1 amide bonds. The summed E-state index contributed by atoms with van der Waals surface area (Å²) in [4.78, 5) is 14.0. The third-order valence-electron chi connectivity index (χ3n) is 3.65. The summed E-state index contributed by atoms with van der Waals surface area (Å²) in [5, 5.41) is 4.90. The van der Waals surface area contributed by atoms with Gasteiger partial charge in [0, 0.05) is 24.1 Å². The van der Waals surface area contributed by atoms with Crippen LogP contribution >= 0.6 is 0 Å². The molecule has 0 fully saturated rings. The van der Waals surface area contributed by atoms with Gasteiger partial charge in [-0.05, 0) is 25.5 Å². The van der Waals surface area contributed by atoms with Crippen LogP contribution in [0.5, 0.6) is 0 Å². The molecule has 0 atom stereocenters. The summed E-state index contributed by atoms with van der Waals surface area (Å²) in [7, 11) is 1.76. The molecule has 0 spiro atoms. The molecule has 0 aliphatic rings. The molecule has 0 radical (unpaired) electrons. The second-order valence-electron chi connectivity index (χ2n) is 5.62. The highest BCUT2D eigenvalue weighted by atomic mass is 16.5. The number of amides is 1. The maximum Gasteiger partial charge on any atom is 0.227 e. The maximum atomic E-state index is 12.4. The van der Waals surface area contributed by atoms with Crippen LogP contribution in [0.1, 0.15) is 22.6 Å². The first-order chi connectivity index (χ1) is 10.5. The fourth-order valence-electron chi connectivity index (χ4n) is 2.45. The first kappa shape index (κ1) is 14.4. The number of likely N-dealkylation sites (N-methyl/N-ethyl adjacent to an activating group) is 1. The van der Waals surface area contributed by atoms with Gasteiger partial charge in [-0.25, -0.2) is 0 Å². The van der Waals surface area contributed by atoms with Crippen LogP contribution in [0.15, 0.2) is 39.5 Å². The number of nitrogens with zero attached hydrogens (tertiary/aromatic N) is 2. The van der Waals surface area contributed by atoms with E-state index in [1.165, 1.54) is 0 Å². The third kappa shape index (κ3) is 2.88. The van der Waals surface area contributed by atoms with Gasteiger partial charge in [-0.2, -0.15) is 0 Å². The molecule has 0 unspecified atom stereocenters. The average Bonchev–Trinajstić information content (AvgIpc) is 3.05. The molecule has 3 rings (SSSR count). The minimum atomic E-state index is 0.0175. The third-order valence-corrected chi connectivity index (χ3v) is 3.65. The molecule has 3 aromatic rings. The molecular weight excluding hydrogens is 280 g/mol. The number of benzene rings is 1. The first-order valence-corrected chi connectivity index (χ1v) is 7.16. The second kappa shape index (κ2) is 5.67. The minimum absolute atomic E-state index is 0.0175. The molecule has 0 saturated carbocycles. The summed E-state index contributed by atoms with van der Waals surface area (Å²) in [6.45, 7) is 4.28. The number of aryl methyl sites for hydroxylation is 2. The monoisotopic (exact) mass is 298 g/mol. The Morgan fingerprint density at radius 2 is 2.09 bits per heavy atom. The van der Waals surface area contributed by atoms with Gasteiger partial charge in [0.15, 0.2) is 0 Å². The number of carbonyl (C=O) groups is 1. The van der Waals surface area contributed by atoms with Gasteiger partial charge in [0.1, 0.15) is 17.0 Å². The zero-order valence-corrected chi connectivity index (χ0v) is 12.9. The summed E-state index contributed by atoms with van der Waals surface area (Å²) in [5.41, 5.74) is 3.61. The van der Waals surface area contributed by atoms with Crippen molar-refractivity contribution >= 4 is 16.9 Å². The lowest BCUT2D eigenvalue weighted by Crippen LogP contribution is -2.27. The van der Waals surface area contributed by atoms with E-state index in [4.69, 9.17) is 8.94 Å². The smallest absolute Gasteiger partial charge is 0.227 e. The van der Waals surface area contributed by atoms with E-state index < -0.39 is 0 Å². The Balaban J connectivity index is 1.72. The van der Waals surface area contributed by atoms with Crippen LogP contribution in [0.2, 0.25) is 0 Å². The zero-order valence-electron chi connectivity index (χ0n) is 12.9. The zero-order chi connectivity index (χ0) is 15.7. The van der Waals surface area contributed by atoms with E-state index in [0.717, 1.165) is 33.6 Å². The van der Waals surface area contributed by atoms with Crippen molar-refractivity contribution < 1.29 is 13.7 Å². The van der Waals surface area contributed by atoms with Crippen molar-refractivity contribution in [3.05, 3.63) is 53.1 Å². The van der Waals surface area contributed by atoms with Crippen molar-refractivity contribution in [2.75, 3.05) is 7.05 Å². The summed E-state index contributed by atoms with van der Waals surface area (Å²) in [6, 6.07) is 7.83. The fourth-order valence-corrected chi connectivity index (χ4v) is 2.45. The Kier molecular flexibility index (Phi) is 3.71. The van der Waals surface area contributed by atoms with Crippen molar-refractivity contribution in [3.63, 3.8) is 0 Å². The van der Waals surface area contributed by atoms with Crippen molar-refractivity contribution in [1.29, 1.82) is 0 Å². The molecule has 0 bridgehead atoms. The summed E-state index contributed by atoms with van der Waals surface area (Å²) in [5.74, 6) is 0.760. The highest BCUT2D eigenvalue weighted by Gasteiger charge is 2.15. The number of furan rings is 1. The Labute approximate surface area is 128 Å². The quantitative estimate of drug-likeness (QED) is 0.742. The predicted molar refractivity (Wildman–Crippen MR) is 82.4 cm³/mol. The van der Waals surface area contributed by atoms with Crippen molar-refractivity contribution in [3.8, 4) is 0 Å². The van der Waals surface area contributed by atoms with Crippen LogP contribution in [0, 0.1) is 13.8 Å². The summed E-state index contributed by atoms with van der Waals surface area (Å²) >= 11 is 0. The van der Waals surface area contributed by atoms with Crippen LogP contribution in [-0.4, -0.2) is 23.0 Å². The van der Waals surface area contributed by atoms with Crippen LogP contribution in [0.3, 0.4) is 0 Å². The fraction of sp³-hybridized carbons (Fsp3) is 0.294. The van der Waals surface area contributed by atoms with Gasteiger partial charge < -0.3 is 13.8 Å². The van der Waals surface area contributed by atoms with Crippen LogP contribution in [0.25, 0.3) is 11.0 Å². The van der Waals surface area contributed by atoms with Crippen LogP contribution < -0.4 is 0 Å². The lowest BCUT2D eigenvalue weighted by Gasteiger charge is -2.15. The molecule has 2 heterocycles. The molecule has 5 nitrogen and oxygen atoms in total. The standard InChI is InChI=1S/C17H18N2O3/c1-11-4-5-15-13(10-21-16(15)6-11)8-17(20)19(3)9-14-7-12(2)22-18-14/h4-7,10H,8-9H2,1-3H3. The Morgan fingerprint density at radius 1 is 1.27 bits per heavy atom. The molecule has 0 saturated heterocycles. The highest BCUT2D eigenvalue weighted by molar-refractivity contribution is 5.87. The number of fused-ring (bicyclic) bond motifs is 1. The van der Waals surface area contributed by atoms with E-state index in [9.17, 15) is 4.79 Å². The Morgan fingerprint density at radius 3 is 2.82 bits per heavy atom. The predicted octanol–water partition coefficient (Wildman–Crippen LogP) is 3.24. The van der Waals surface area contributed by atoms with Crippen molar-refractivity contribution in [2.45, 2.75) is 26.8 Å². The molecule has 0 aliphatic heterocycles. The molecule has 0 N–H and O–H groups in total. The van der Waals surface area contributed by atoms with E-state index in [2.05, 4.69) is 5.16 Å². The van der Waals surface area contributed by atoms with Gasteiger partial charge in [-0.1, -0.05) is 17.3 Å². The second-order valence-corrected chi connectivity index (χ2v) is 5.62. The topological polar surface area (TPSA) is 59.5 Å². The van der Waals surface area contributed by atoms with E-state index in [0.29, 0.717) is 13.0 Å². The normalized spacial score (nSPS) is 11.0. The van der Waals surface area contributed by atoms with Crippen LogP contribution in [-0.2, 0) is 17.8 Å². The summed E-state index contributed by atoms with van der Waals surface area (Å²) < 4.78 is 10.6. The number of hydrogen-bond acceptors (Lipinski definition) is 4. The lowest BCUT2D eigenvalue weighted by atomic mass is 10.1. The molecule has 22 heavy (non-hydrogen) atoms. The minimum Gasteiger partial charge on any atom is -0.464 e. The van der Waals surface area contributed by atoms with Gasteiger partial charge in [0.2, 0.25) is 5.91 Å². The van der Waals surface area contributed by atoms with Gasteiger partial charge in [-0.3, -0.25) is 4.79 Å². The maximum absolute atomic E-state index is 12.4. The van der Waals surface area contributed by atoms with Crippen molar-refractivity contribution in [1.82, 2.24) is 10.1 Å². The lowest BCUT2D eigenvalue weighted by molar-refractivity contribution is -0.129. The number of rotatable bonds is 4. The van der Waals surface area contributed by atoms with Gasteiger partial charge in [-0.15, -0.1) is 0 Å². The number of carbonyl (C=O) groups excluding carboxylic acids is 1. The SMILES string of the molecule is Cc1ccc2c(CC(=O)N(C)Cc3cc(C)on3)coc2c1. The van der Waals surface area contributed by atoms with Crippen molar-refractivity contribution in [2.24, 2.45) is 0 Å². The number of aromatic nitrogens is 1. The molecule has 1 aromatic carbocycles. The number of hydrogen-bond donors (Lipinski definition) is 0. The van der Waals surface area contributed by atoms with E-state index >= 15 is 0 Å². The van der Waals surface area contributed by atoms with E-state index in [-0.39, 0.29) is 5.91 Å². The molecule has 0 aliphatic carbocycles. The highest BCUT2D eigenvalue weighted by Crippen LogP contribution is 2.23.